The summed E-state index contributed by atoms with van der Waals surface area (Å²) in [6.07, 6.45) is 5.74. The van der Waals surface area contributed by atoms with Crippen LogP contribution in [-0.2, 0) is 28.6 Å². The lowest BCUT2D eigenvalue weighted by Crippen LogP contribution is -2.62. The Kier molecular flexibility index (Phi) is 17.9. The summed E-state index contributed by atoms with van der Waals surface area (Å²) in [7, 11) is 0. The largest absolute Gasteiger partial charge is 0.458 e. The Bertz CT molecular complexity index is 1420. The minimum atomic E-state index is -2.22. The predicted octanol–water partition coefficient (Wildman–Crippen LogP) is 4.85. The summed E-state index contributed by atoms with van der Waals surface area (Å²) in [6, 6.07) is 0. The number of Topliss-reactive ketones (excluding diaryl/α,β-unsaturated/α-hetero) is 2. The molecule has 3 heterocycles. The van der Waals surface area contributed by atoms with Gasteiger partial charge in [-0.3, -0.25) is 9.59 Å². The minimum Gasteiger partial charge on any atom is -0.458 e. The van der Waals surface area contributed by atoms with Gasteiger partial charge in [0.15, 0.2) is 11.6 Å². The fourth-order valence-corrected chi connectivity index (χ4v) is 9.07. The number of ether oxygens (including phenoxy) is 3. The highest BCUT2D eigenvalue weighted by Gasteiger charge is 2.56. The Balaban J connectivity index is 2.02. The van der Waals surface area contributed by atoms with E-state index in [0.29, 0.717) is 25.7 Å². The van der Waals surface area contributed by atoms with E-state index in [1.807, 2.05) is 32.9 Å². The maximum atomic E-state index is 13.5. The molecule has 0 aromatic rings. The normalized spacial score (nSPS) is 47.5. The van der Waals surface area contributed by atoms with Gasteiger partial charge in [-0.25, -0.2) is 4.79 Å². The number of aliphatic hydroxyl groups excluding tert-OH is 5. The van der Waals surface area contributed by atoms with Crippen LogP contribution in [0.3, 0.4) is 0 Å². The van der Waals surface area contributed by atoms with Crippen LogP contribution in [-0.4, -0.2) is 108 Å². The zero-order valence-corrected chi connectivity index (χ0v) is 36.2. The molecule has 0 radical (unpaired) electrons. The summed E-state index contributed by atoms with van der Waals surface area (Å²) < 4.78 is 19.8. The molecular formula is C45H74O12. The van der Waals surface area contributed by atoms with Gasteiger partial charge in [-0.1, -0.05) is 92.7 Å². The molecule has 0 aromatic carbocycles. The van der Waals surface area contributed by atoms with Crippen LogP contribution in [0.15, 0.2) is 36.5 Å². The third-order valence-electron chi connectivity index (χ3n) is 13.5. The van der Waals surface area contributed by atoms with Crippen molar-refractivity contribution in [2.24, 2.45) is 53.3 Å². The van der Waals surface area contributed by atoms with Gasteiger partial charge in [0, 0.05) is 60.3 Å². The van der Waals surface area contributed by atoms with Crippen LogP contribution in [0, 0.1) is 53.3 Å². The van der Waals surface area contributed by atoms with Crippen LogP contribution in [0.2, 0.25) is 0 Å². The smallest absolute Gasteiger partial charge is 0.330 e. The molecule has 1 spiro atoms. The lowest BCUT2D eigenvalue weighted by atomic mass is 9.74. The number of aliphatic hydroxyl groups is 6. The van der Waals surface area contributed by atoms with E-state index in [4.69, 9.17) is 14.2 Å². The molecule has 0 aliphatic carbocycles. The van der Waals surface area contributed by atoms with Crippen molar-refractivity contribution in [1.29, 1.82) is 0 Å². The second-order valence-electron chi connectivity index (χ2n) is 18.1. The van der Waals surface area contributed by atoms with Crippen LogP contribution >= 0.6 is 0 Å². The summed E-state index contributed by atoms with van der Waals surface area (Å²) in [6.45, 7) is 18.6. The van der Waals surface area contributed by atoms with Crippen LogP contribution in [0.5, 0.6) is 0 Å². The first-order valence-electron chi connectivity index (χ1n) is 21.3. The second-order valence-corrected chi connectivity index (χ2v) is 18.1. The van der Waals surface area contributed by atoms with Crippen LogP contribution in [0.1, 0.15) is 115 Å². The Hall–Kier alpha value is -2.29. The quantitative estimate of drug-likeness (QED) is 0.212. The Morgan fingerprint density at radius 1 is 0.860 bits per heavy atom. The number of carbonyl (C=O) groups is 3. The van der Waals surface area contributed by atoms with E-state index in [0.717, 1.165) is 6.42 Å². The van der Waals surface area contributed by atoms with Crippen molar-refractivity contribution in [2.45, 2.75) is 175 Å². The van der Waals surface area contributed by atoms with Crippen LogP contribution in [0.25, 0.3) is 0 Å². The summed E-state index contributed by atoms with van der Waals surface area (Å²) in [5.74, 6) is -8.49. The summed E-state index contributed by atoms with van der Waals surface area (Å²) >= 11 is 0. The topological polar surface area (TPSA) is 200 Å². The molecule has 3 rings (SSSR count). The molecule has 2 saturated heterocycles. The monoisotopic (exact) mass is 807 g/mol. The van der Waals surface area contributed by atoms with E-state index in [2.05, 4.69) is 6.92 Å². The van der Waals surface area contributed by atoms with Gasteiger partial charge in [0.25, 0.3) is 0 Å². The third-order valence-corrected chi connectivity index (χ3v) is 13.5. The minimum absolute atomic E-state index is 0.164. The van der Waals surface area contributed by atoms with E-state index in [1.165, 1.54) is 39.8 Å². The molecule has 19 atom stereocenters. The van der Waals surface area contributed by atoms with Crippen molar-refractivity contribution < 1.29 is 59.2 Å². The number of rotatable bonds is 3. The van der Waals surface area contributed by atoms with Gasteiger partial charge in [-0.15, -0.1) is 0 Å². The summed E-state index contributed by atoms with van der Waals surface area (Å²) in [4.78, 5) is 40.6. The van der Waals surface area contributed by atoms with Crippen molar-refractivity contribution in [2.75, 3.05) is 0 Å². The first kappa shape index (κ1) is 49.1. The maximum Gasteiger partial charge on any atom is 0.330 e. The van der Waals surface area contributed by atoms with Gasteiger partial charge in [-0.05, 0) is 51.4 Å². The van der Waals surface area contributed by atoms with Gasteiger partial charge in [0.05, 0.1) is 42.7 Å². The fourth-order valence-electron chi connectivity index (χ4n) is 9.07. The second kappa shape index (κ2) is 20.8. The zero-order valence-electron chi connectivity index (χ0n) is 36.2. The third kappa shape index (κ3) is 11.7. The molecule has 0 unspecified atom stereocenters. The van der Waals surface area contributed by atoms with E-state index in [-0.39, 0.29) is 30.3 Å². The van der Waals surface area contributed by atoms with Crippen LogP contribution < -0.4 is 0 Å². The van der Waals surface area contributed by atoms with E-state index in [9.17, 15) is 45.0 Å². The standard InChI is InChI=1S/C45H74O12/c1-12-33-17-15-13-14-16-26(4)42(52)44(11,54)43(53)31(9)40(51)30(8)39(50)29(7)38(49)25(3)18-19-37(48)55-41-28(6)36(23-34(33)47)57-45(32(41)10)21-20-24(2)35(56-45)22-27(5)46/h13-15,17-19,24-36,38,40-42,46-47,49,51-52,54H,12,16,20-23H2,1-11H3/b14-13+,17-15+,19-18+/t24-,25-,26+,27+,28+,29-,30-,31-,32-,33-,34+,35-,36-,38+,40+,41+,42-,44+,45+/m0/s1. The number of fused-ring (bicyclic) bond motifs is 2. The maximum absolute atomic E-state index is 13.5. The molecular weight excluding hydrogens is 732 g/mol. The molecule has 6 N–H and O–H groups in total. The molecule has 2 fully saturated rings. The van der Waals surface area contributed by atoms with Crippen LogP contribution in [0.4, 0.5) is 0 Å². The molecule has 3 aliphatic rings. The van der Waals surface area contributed by atoms with Crippen molar-refractivity contribution in [3.8, 4) is 0 Å². The van der Waals surface area contributed by atoms with Crippen molar-refractivity contribution in [3.63, 3.8) is 0 Å². The van der Waals surface area contributed by atoms with E-state index < -0.39 is 107 Å². The first-order chi connectivity index (χ1) is 26.5. The molecule has 0 amide bonds. The predicted molar refractivity (Wildman–Crippen MR) is 216 cm³/mol. The highest BCUT2D eigenvalue weighted by Crippen LogP contribution is 2.49. The molecule has 3 aliphatic heterocycles. The summed E-state index contributed by atoms with van der Waals surface area (Å²) in [5, 5.41) is 66.7. The number of allylic oxidation sites excluding steroid dienone is 3. The van der Waals surface area contributed by atoms with Gasteiger partial charge < -0.3 is 44.8 Å². The molecule has 326 valence electrons. The molecule has 57 heavy (non-hydrogen) atoms. The Labute approximate surface area is 340 Å². The SMILES string of the molecule is CC[C@H]1/C=C/C=C/C[C@@H](C)[C@H](O)[C@@](C)(O)C(=O)[C@@H](C)[C@H](O)[C@@H](C)C(=O)[C@@H](C)[C@H](O)[C@@H](C)/C=C/C(=O)O[C@@H]2[C@H](C)[C@H](C[C@H]1O)O[C@]1(CC[C@H](C)[C@H](C[C@@H](C)O)O1)[C@H]2C. The van der Waals surface area contributed by atoms with Gasteiger partial charge in [0.2, 0.25) is 0 Å². The Morgan fingerprint density at radius 2 is 1.49 bits per heavy atom. The van der Waals surface area contributed by atoms with Gasteiger partial charge in [0.1, 0.15) is 17.5 Å². The van der Waals surface area contributed by atoms with Crippen molar-refractivity contribution in [1.82, 2.24) is 0 Å². The van der Waals surface area contributed by atoms with E-state index in [1.54, 1.807) is 32.9 Å². The molecule has 0 saturated carbocycles. The average Bonchev–Trinajstić information content (AvgIpc) is 3.17. The van der Waals surface area contributed by atoms with Gasteiger partial charge in [-0.2, -0.15) is 0 Å². The van der Waals surface area contributed by atoms with Crippen molar-refractivity contribution >= 4 is 17.5 Å². The number of carbonyl (C=O) groups excluding carboxylic acids is 3. The lowest BCUT2D eigenvalue weighted by molar-refractivity contribution is -0.372. The van der Waals surface area contributed by atoms with Crippen molar-refractivity contribution in [3.05, 3.63) is 36.5 Å². The number of hydrogen-bond donors (Lipinski definition) is 6. The number of ketones is 2. The highest BCUT2D eigenvalue weighted by atomic mass is 16.7. The molecule has 2 bridgehead atoms. The molecule has 0 aromatic heterocycles. The van der Waals surface area contributed by atoms with E-state index >= 15 is 0 Å². The Morgan fingerprint density at radius 3 is 2.11 bits per heavy atom. The first-order valence-corrected chi connectivity index (χ1v) is 21.3. The fraction of sp³-hybridized carbons (Fsp3) is 0.800. The number of esters is 1. The zero-order chi connectivity index (χ0) is 43.2. The highest BCUT2D eigenvalue weighted by molar-refractivity contribution is 5.91. The molecule has 12 nitrogen and oxygen atoms in total. The van der Waals surface area contributed by atoms with Gasteiger partial charge >= 0.3 is 5.97 Å². The lowest BCUT2D eigenvalue weighted by Gasteiger charge is -2.55. The molecule has 12 heteroatoms. The number of hydrogen-bond acceptors (Lipinski definition) is 12. The summed E-state index contributed by atoms with van der Waals surface area (Å²) in [5.41, 5.74) is -2.22. The average molecular weight is 807 g/mol.